The van der Waals surface area contributed by atoms with Crippen molar-refractivity contribution in [1.82, 2.24) is 4.98 Å². The fraction of sp³-hybridized carbons (Fsp3) is 0.579. The first-order valence-corrected chi connectivity index (χ1v) is 10.2. The number of carbonyl (C=O) groups is 2. The second kappa shape index (κ2) is 9.22. The summed E-state index contributed by atoms with van der Waals surface area (Å²) >= 11 is 7.22. The number of ether oxygens (including phenoxy) is 2. The van der Waals surface area contributed by atoms with Crippen LogP contribution in [0, 0.1) is 0 Å². The van der Waals surface area contributed by atoms with Crippen LogP contribution in [0.3, 0.4) is 0 Å². The van der Waals surface area contributed by atoms with Crippen molar-refractivity contribution < 1.29 is 23.9 Å². The van der Waals surface area contributed by atoms with Crippen molar-refractivity contribution in [3.8, 4) is 0 Å². The quantitative estimate of drug-likeness (QED) is 0.364. The van der Waals surface area contributed by atoms with Gasteiger partial charge in [0, 0.05) is 0 Å². The molecular formula is C19H29ClN4O5S. The third kappa shape index (κ3) is 8.19. The summed E-state index contributed by atoms with van der Waals surface area (Å²) < 4.78 is 10.7. The van der Waals surface area contributed by atoms with Crippen LogP contribution in [0.25, 0.3) is 0 Å². The fourth-order valence-electron chi connectivity index (χ4n) is 1.74. The van der Waals surface area contributed by atoms with E-state index in [1.54, 1.807) is 41.5 Å². The molecule has 9 nitrogen and oxygen atoms in total. The number of rotatable bonds is 6. The molecule has 0 aliphatic carbocycles. The molecule has 1 rings (SSSR count). The smallest absolute Gasteiger partial charge is 0.413 e. The monoisotopic (exact) mass is 460 g/mol. The summed E-state index contributed by atoms with van der Waals surface area (Å²) in [6.45, 7) is 17.1. The molecule has 1 heterocycles. The Bertz CT molecular complexity index is 850. The molecule has 0 unspecified atom stereocenters. The highest BCUT2D eigenvalue weighted by Crippen LogP contribution is 2.30. The van der Waals surface area contributed by atoms with Gasteiger partial charge in [-0.05, 0) is 55.4 Å². The van der Waals surface area contributed by atoms with Crippen LogP contribution < -0.4 is 11.1 Å². The van der Waals surface area contributed by atoms with Crippen LogP contribution in [0.1, 0.15) is 61.1 Å². The van der Waals surface area contributed by atoms with E-state index >= 15 is 0 Å². The number of hydrogen-bond acceptors (Lipinski definition) is 9. The minimum Gasteiger partial charge on any atom is -0.457 e. The van der Waals surface area contributed by atoms with Gasteiger partial charge in [-0.15, -0.1) is 0 Å². The van der Waals surface area contributed by atoms with Gasteiger partial charge in [0.1, 0.15) is 21.2 Å². The number of allylic oxidation sites excluding steroid dienone is 1. The Hall–Kier alpha value is -2.33. The first-order chi connectivity index (χ1) is 13.4. The molecule has 0 aliphatic heterocycles. The summed E-state index contributed by atoms with van der Waals surface area (Å²) in [6, 6.07) is 0. The average molecular weight is 461 g/mol. The van der Waals surface area contributed by atoms with Crippen molar-refractivity contribution in [1.29, 1.82) is 0 Å². The minimum absolute atomic E-state index is 0.00556. The number of halogens is 1. The van der Waals surface area contributed by atoms with E-state index in [4.69, 9.17) is 31.6 Å². The summed E-state index contributed by atoms with van der Waals surface area (Å²) in [5, 5.41) is 6.60. The van der Waals surface area contributed by atoms with E-state index in [9.17, 15) is 9.59 Å². The third-order valence-corrected chi connectivity index (χ3v) is 4.15. The standard InChI is InChI=1S/C19H29ClN4O5S/c1-10(21)11(24-29-19(8,9)14(25)27-17(2,3)4)12-13(20)30-15(22-12)23-16(26)28-18(5,6)7/h1,21H2,2-9H3,(H,22,23,26)/b24-11+. The molecular weight excluding hydrogens is 432 g/mol. The molecule has 0 atom stereocenters. The number of aromatic nitrogens is 1. The van der Waals surface area contributed by atoms with E-state index < -0.39 is 28.9 Å². The molecule has 0 spiro atoms. The molecule has 0 saturated heterocycles. The molecule has 0 fully saturated rings. The van der Waals surface area contributed by atoms with Crippen LogP contribution in [0.2, 0.25) is 4.34 Å². The zero-order valence-corrected chi connectivity index (χ0v) is 20.1. The maximum Gasteiger partial charge on any atom is 0.413 e. The number of amides is 1. The Labute approximate surface area is 185 Å². The van der Waals surface area contributed by atoms with Crippen LogP contribution in [0.5, 0.6) is 0 Å². The molecule has 0 bridgehead atoms. The molecule has 0 aromatic carbocycles. The molecule has 11 heteroatoms. The highest BCUT2D eigenvalue weighted by Gasteiger charge is 2.35. The van der Waals surface area contributed by atoms with Gasteiger partial charge in [-0.1, -0.05) is 34.7 Å². The molecule has 0 radical (unpaired) electrons. The van der Waals surface area contributed by atoms with Crippen LogP contribution >= 0.6 is 22.9 Å². The Morgan fingerprint density at radius 2 is 1.63 bits per heavy atom. The second-order valence-electron chi connectivity index (χ2n) is 8.84. The lowest BCUT2D eigenvalue weighted by molar-refractivity contribution is -0.179. The van der Waals surface area contributed by atoms with E-state index in [2.05, 4.69) is 22.0 Å². The second-order valence-corrected chi connectivity index (χ2v) is 10.4. The predicted octanol–water partition coefficient (Wildman–Crippen LogP) is 4.46. The number of anilines is 1. The number of thiazole rings is 1. The van der Waals surface area contributed by atoms with Crippen LogP contribution in [0.15, 0.2) is 17.4 Å². The van der Waals surface area contributed by atoms with Crippen LogP contribution in [0.4, 0.5) is 9.93 Å². The van der Waals surface area contributed by atoms with Crippen molar-refractivity contribution in [2.75, 3.05) is 5.32 Å². The lowest BCUT2D eigenvalue weighted by Crippen LogP contribution is -2.40. The number of hydrogen-bond donors (Lipinski definition) is 2. The number of esters is 1. The largest absolute Gasteiger partial charge is 0.457 e. The number of nitrogens with two attached hydrogens (primary N) is 1. The highest BCUT2D eigenvalue weighted by atomic mass is 35.5. The van der Waals surface area contributed by atoms with Gasteiger partial charge >= 0.3 is 12.1 Å². The molecule has 0 saturated carbocycles. The molecule has 3 N–H and O–H groups in total. The van der Waals surface area contributed by atoms with Crippen molar-refractivity contribution in [3.05, 3.63) is 22.3 Å². The maximum atomic E-state index is 12.3. The van der Waals surface area contributed by atoms with E-state index in [0.29, 0.717) is 0 Å². The van der Waals surface area contributed by atoms with Gasteiger partial charge in [0.25, 0.3) is 0 Å². The predicted molar refractivity (Wildman–Crippen MR) is 118 cm³/mol. The van der Waals surface area contributed by atoms with E-state index in [0.717, 1.165) is 11.3 Å². The number of nitrogens with one attached hydrogen (secondary N) is 1. The van der Waals surface area contributed by atoms with Gasteiger partial charge in [0.2, 0.25) is 5.60 Å². The Morgan fingerprint density at radius 3 is 2.10 bits per heavy atom. The molecule has 1 amide bonds. The van der Waals surface area contributed by atoms with Crippen LogP contribution in [-0.4, -0.2) is 39.6 Å². The third-order valence-electron chi connectivity index (χ3n) is 2.98. The SMILES string of the molecule is C=C(N)/C(=N\OC(C)(C)C(=O)OC(C)(C)C)c1nc(NC(=O)OC(C)(C)C)sc1Cl. The molecule has 1 aromatic heterocycles. The van der Waals surface area contributed by atoms with Crippen molar-refractivity contribution in [2.24, 2.45) is 10.9 Å². The van der Waals surface area contributed by atoms with Gasteiger partial charge in [0.05, 0.1) is 5.70 Å². The van der Waals surface area contributed by atoms with Crippen molar-refractivity contribution in [2.45, 2.75) is 72.2 Å². The first-order valence-electron chi connectivity index (χ1n) is 9.02. The van der Waals surface area contributed by atoms with Gasteiger partial charge in [-0.3, -0.25) is 5.32 Å². The summed E-state index contributed by atoms with van der Waals surface area (Å²) in [5.41, 5.74) is 3.20. The number of carbonyl (C=O) groups excluding carboxylic acids is 2. The van der Waals surface area contributed by atoms with Gasteiger partial charge in [0.15, 0.2) is 10.8 Å². The molecule has 30 heavy (non-hydrogen) atoms. The Morgan fingerprint density at radius 1 is 1.10 bits per heavy atom. The van der Waals surface area contributed by atoms with Gasteiger partial charge in [-0.25, -0.2) is 14.6 Å². The van der Waals surface area contributed by atoms with E-state index in [1.807, 2.05) is 0 Å². The lowest BCUT2D eigenvalue weighted by Gasteiger charge is -2.26. The van der Waals surface area contributed by atoms with Gasteiger partial charge in [-0.2, -0.15) is 0 Å². The molecule has 0 aliphatic rings. The van der Waals surface area contributed by atoms with Gasteiger partial charge < -0.3 is 20.0 Å². The van der Waals surface area contributed by atoms with Crippen LogP contribution in [-0.2, 0) is 19.1 Å². The maximum absolute atomic E-state index is 12.3. The number of oxime groups is 1. The zero-order chi connectivity index (χ0) is 23.5. The highest BCUT2D eigenvalue weighted by molar-refractivity contribution is 7.20. The Balaban J connectivity index is 3.08. The lowest BCUT2D eigenvalue weighted by atomic mass is 10.1. The molecule has 168 valence electrons. The summed E-state index contributed by atoms with van der Waals surface area (Å²) in [7, 11) is 0. The van der Waals surface area contributed by atoms with E-state index in [-0.39, 0.29) is 26.6 Å². The normalized spacial score (nSPS) is 12.9. The Kier molecular flexibility index (Phi) is 7.90. The number of nitrogens with zero attached hydrogens (tertiary/aromatic N) is 2. The average Bonchev–Trinajstić information content (AvgIpc) is 2.83. The molecule has 1 aromatic rings. The fourth-order valence-corrected chi connectivity index (χ4v) is 2.77. The van der Waals surface area contributed by atoms with E-state index in [1.165, 1.54) is 13.8 Å². The first kappa shape index (κ1) is 25.7. The summed E-state index contributed by atoms with van der Waals surface area (Å²) in [5.74, 6) is -0.614. The topological polar surface area (TPSA) is 125 Å². The van der Waals surface area contributed by atoms with Crippen molar-refractivity contribution >= 4 is 45.8 Å². The summed E-state index contributed by atoms with van der Waals surface area (Å²) in [6.07, 6.45) is -0.688. The zero-order valence-electron chi connectivity index (χ0n) is 18.5. The minimum atomic E-state index is -1.41. The van der Waals surface area contributed by atoms with Crippen molar-refractivity contribution in [3.63, 3.8) is 0 Å². The summed E-state index contributed by atoms with van der Waals surface area (Å²) in [4.78, 5) is 33.9.